The Hall–Kier alpha value is -2.61. The molecule has 0 saturated carbocycles. The molecule has 0 bridgehead atoms. The number of rotatable bonds is 5. The molecule has 2 amide bonds. The summed E-state index contributed by atoms with van der Waals surface area (Å²) in [6.45, 7) is 11.7. The second-order valence-corrected chi connectivity index (χ2v) is 9.63. The van der Waals surface area contributed by atoms with Crippen LogP contribution < -0.4 is 4.90 Å². The number of fused-ring (bicyclic) bond motifs is 1. The van der Waals surface area contributed by atoms with Crippen molar-refractivity contribution in [2.75, 3.05) is 31.2 Å². The highest BCUT2D eigenvalue weighted by Crippen LogP contribution is 2.43. The summed E-state index contributed by atoms with van der Waals surface area (Å²) >= 11 is 0. The fraction of sp³-hybridized carbons (Fsp3) is 0.481. The molecule has 0 spiro atoms. The van der Waals surface area contributed by atoms with E-state index in [9.17, 15) is 14.7 Å². The summed E-state index contributed by atoms with van der Waals surface area (Å²) < 4.78 is 5.44. The maximum absolute atomic E-state index is 12.5. The summed E-state index contributed by atoms with van der Waals surface area (Å²) in [7, 11) is 0. The first-order valence-electron chi connectivity index (χ1n) is 12.1. The third-order valence-corrected chi connectivity index (χ3v) is 6.90. The van der Waals surface area contributed by atoms with Gasteiger partial charge in [-0.3, -0.25) is 14.6 Å². The maximum atomic E-state index is 12.5. The van der Waals surface area contributed by atoms with Crippen LogP contribution in [0.4, 0.5) is 10.5 Å². The SMILES string of the molecule is CC(=O)N1c2ccc(-c3ccc(CN4CCOCC4)cc3)cc2C(N(C(=O)O)C(C)C)CC1C.Cl. The van der Waals surface area contributed by atoms with Gasteiger partial charge in [-0.25, -0.2) is 4.79 Å². The number of anilines is 1. The van der Waals surface area contributed by atoms with Gasteiger partial charge in [-0.2, -0.15) is 0 Å². The minimum atomic E-state index is -0.938. The molecular weight excluding hydrogens is 466 g/mol. The van der Waals surface area contributed by atoms with Crippen molar-refractivity contribution >= 4 is 30.1 Å². The van der Waals surface area contributed by atoms with E-state index >= 15 is 0 Å². The van der Waals surface area contributed by atoms with E-state index in [2.05, 4.69) is 35.2 Å². The zero-order valence-electron chi connectivity index (χ0n) is 20.9. The minimum Gasteiger partial charge on any atom is -0.465 e. The molecule has 0 aromatic heterocycles. The Bertz CT molecular complexity index is 1040. The van der Waals surface area contributed by atoms with Crippen LogP contribution in [0.15, 0.2) is 42.5 Å². The zero-order chi connectivity index (χ0) is 24.4. The topological polar surface area (TPSA) is 73.3 Å². The summed E-state index contributed by atoms with van der Waals surface area (Å²) in [6.07, 6.45) is -0.369. The molecule has 2 aromatic carbocycles. The van der Waals surface area contributed by atoms with Crippen molar-refractivity contribution in [2.45, 2.75) is 58.8 Å². The molecule has 2 heterocycles. The van der Waals surface area contributed by atoms with Gasteiger partial charge in [0.2, 0.25) is 5.91 Å². The van der Waals surface area contributed by atoms with E-state index in [1.165, 1.54) is 10.5 Å². The molecule has 1 N–H and O–H groups in total. The molecule has 7 nitrogen and oxygen atoms in total. The molecule has 0 radical (unpaired) electrons. The number of morpholine rings is 1. The van der Waals surface area contributed by atoms with E-state index in [1.807, 2.05) is 32.9 Å². The normalized spacial score (nSPS) is 20.2. The number of carboxylic acid groups (broad SMARTS) is 1. The van der Waals surface area contributed by atoms with E-state index in [0.29, 0.717) is 6.42 Å². The standard InChI is InChI=1S/C27H35N3O4.ClH/c1-18(2)29(27(32)33)26-15-19(3)30(20(4)31)25-10-9-23(16-24(25)26)22-7-5-21(6-8-22)17-28-11-13-34-14-12-28;/h5-10,16,18-19,26H,11-15,17H2,1-4H3,(H,32,33);1H. The molecule has 8 heteroatoms. The zero-order valence-corrected chi connectivity index (χ0v) is 21.8. The van der Waals surface area contributed by atoms with Crippen LogP contribution in [0.1, 0.15) is 51.3 Å². The van der Waals surface area contributed by atoms with Crippen LogP contribution in [-0.2, 0) is 16.1 Å². The van der Waals surface area contributed by atoms with Gasteiger partial charge in [-0.05, 0) is 61.6 Å². The van der Waals surface area contributed by atoms with Crippen molar-refractivity contribution in [3.63, 3.8) is 0 Å². The van der Waals surface area contributed by atoms with Gasteiger partial charge >= 0.3 is 6.09 Å². The first-order chi connectivity index (χ1) is 16.3. The molecule has 2 aromatic rings. The molecule has 2 atom stereocenters. The Kier molecular flexibility index (Phi) is 8.80. The quantitative estimate of drug-likeness (QED) is 0.611. The largest absolute Gasteiger partial charge is 0.465 e. The number of hydrogen-bond donors (Lipinski definition) is 1. The molecule has 35 heavy (non-hydrogen) atoms. The van der Waals surface area contributed by atoms with E-state index in [4.69, 9.17) is 4.74 Å². The lowest BCUT2D eigenvalue weighted by Gasteiger charge is -2.43. The van der Waals surface area contributed by atoms with Gasteiger partial charge in [0.25, 0.3) is 0 Å². The first kappa shape index (κ1) is 27.0. The van der Waals surface area contributed by atoms with Crippen LogP contribution in [0.3, 0.4) is 0 Å². The lowest BCUT2D eigenvalue weighted by Crippen LogP contribution is -2.48. The van der Waals surface area contributed by atoms with Crippen LogP contribution in [0.2, 0.25) is 0 Å². The third kappa shape index (κ3) is 5.80. The van der Waals surface area contributed by atoms with Crippen molar-refractivity contribution in [1.29, 1.82) is 0 Å². The van der Waals surface area contributed by atoms with E-state index in [1.54, 1.807) is 11.8 Å². The Labute approximate surface area is 214 Å². The van der Waals surface area contributed by atoms with E-state index in [-0.39, 0.29) is 36.4 Å². The van der Waals surface area contributed by atoms with Crippen LogP contribution in [0, 0.1) is 0 Å². The summed E-state index contributed by atoms with van der Waals surface area (Å²) in [5.41, 5.74) is 5.05. The van der Waals surface area contributed by atoms with Gasteiger partial charge in [0, 0.05) is 44.3 Å². The molecule has 190 valence electrons. The van der Waals surface area contributed by atoms with Crippen LogP contribution in [0.5, 0.6) is 0 Å². The summed E-state index contributed by atoms with van der Waals surface area (Å²) in [5.74, 6) is -0.0289. The van der Waals surface area contributed by atoms with Crippen molar-refractivity contribution < 1.29 is 19.4 Å². The van der Waals surface area contributed by atoms with E-state index in [0.717, 1.165) is 55.2 Å². The van der Waals surface area contributed by atoms with Crippen LogP contribution in [-0.4, -0.2) is 65.3 Å². The molecule has 1 fully saturated rings. The first-order valence-corrected chi connectivity index (χ1v) is 12.1. The smallest absolute Gasteiger partial charge is 0.408 e. The second kappa shape index (κ2) is 11.4. The monoisotopic (exact) mass is 501 g/mol. The van der Waals surface area contributed by atoms with Gasteiger partial charge in [0.05, 0.1) is 19.3 Å². The minimum absolute atomic E-state index is 0. The Morgan fingerprint density at radius 3 is 2.29 bits per heavy atom. The van der Waals surface area contributed by atoms with Crippen molar-refractivity contribution in [2.24, 2.45) is 0 Å². The fourth-order valence-electron chi connectivity index (χ4n) is 5.29. The Morgan fingerprint density at radius 2 is 1.71 bits per heavy atom. The summed E-state index contributed by atoms with van der Waals surface area (Å²) in [4.78, 5) is 30.3. The molecule has 0 aliphatic carbocycles. The maximum Gasteiger partial charge on any atom is 0.408 e. The number of carbonyl (C=O) groups is 2. The van der Waals surface area contributed by atoms with Gasteiger partial charge < -0.3 is 14.7 Å². The average Bonchev–Trinajstić information content (AvgIpc) is 2.79. The number of amides is 2. The third-order valence-electron chi connectivity index (χ3n) is 6.90. The highest BCUT2D eigenvalue weighted by atomic mass is 35.5. The molecule has 2 aliphatic heterocycles. The molecular formula is C27H36ClN3O4. The van der Waals surface area contributed by atoms with Crippen molar-refractivity contribution in [3.8, 4) is 11.1 Å². The van der Waals surface area contributed by atoms with E-state index < -0.39 is 6.09 Å². The van der Waals surface area contributed by atoms with Crippen molar-refractivity contribution in [3.05, 3.63) is 53.6 Å². The predicted molar refractivity (Wildman–Crippen MR) is 140 cm³/mol. The van der Waals surface area contributed by atoms with Crippen molar-refractivity contribution in [1.82, 2.24) is 9.80 Å². The second-order valence-electron chi connectivity index (χ2n) is 9.63. The molecule has 4 rings (SSSR count). The lowest BCUT2D eigenvalue weighted by atomic mass is 9.87. The summed E-state index contributed by atoms with van der Waals surface area (Å²) in [6, 6.07) is 14.1. The van der Waals surface area contributed by atoms with Gasteiger partial charge in [-0.15, -0.1) is 12.4 Å². The number of nitrogens with zero attached hydrogens (tertiary/aromatic N) is 3. The molecule has 1 saturated heterocycles. The number of benzene rings is 2. The Morgan fingerprint density at radius 1 is 1.09 bits per heavy atom. The average molecular weight is 502 g/mol. The number of hydrogen-bond acceptors (Lipinski definition) is 4. The number of halogens is 1. The Balaban J connectivity index is 0.00000342. The number of ether oxygens (including phenoxy) is 1. The highest BCUT2D eigenvalue weighted by Gasteiger charge is 2.38. The molecule has 2 aliphatic rings. The van der Waals surface area contributed by atoms with Gasteiger partial charge in [0.15, 0.2) is 0 Å². The fourth-order valence-corrected chi connectivity index (χ4v) is 5.29. The predicted octanol–water partition coefficient (Wildman–Crippen LogP) is 5.18. The highest BCUT2D eigenvalue weighted by molar-refractivity contribution is 5.94. The summed E-state index contributed by atoms with van der Waals surface area (Å²) in [5, 5.41) is 9.97. The van der Waals surface area contributed by atoms with Gasteiger partial charge in [-0.1, -0.05) is 30.3 Å². The van der Waals surface area contributed by atoms with Crippen LogP contribution >= 0.6 is 12.4 Å². The van der Waals surface area contributed by atoms with Crippen LogP contribution in [0.25, 0.3) is 11.1 Å². The lowest BCUT2D eigenvalue weighted by molar-refractivity contribution is -0.117. The van der Waals surface area contributed by atoms with Gasteiger partial charge in [0.1, 0.15) is 0 Å². The number of carbonyl (C=O) groups excluding carboxylic acids is 1. The molecule has 2 unspecified atom stereocenters.